The molecule has 1 atom stereocenters. The summed E-state index contributed by atoms with van der Waals surface area (Å²) in [6, 6.07) is 5.41. The lowest BCUT2D eigenvalue weighted by molar-refractivity contribution is -0.138. The van der Waals surface area contributed by atoms with E-state index in [2.05, 4.69) is 10.3 Å². The summed E-state index contributed by atoms with van der Waals surface area (Å²) in [6.07, 6.45) is 1.66. The standard InChI is InChI=1S/C14H16N2O4/c1-8(17)15-7-12(14(18)19)11-6-16-13-4-3-9(20-2)5-10(11)13/h3-6,12,16H,7H2,1-2H3,(H,15,17)(H,18,19)/t12-/m0/s1. The van der Waals surface area contributed by atoms with Crippen molar-refractivity contribution in [2.24, 2.45) is 0 Å². The van der Waals surface area contributed by atoms with Crippen LogP contribution in [0.25, 0.3) is 10.9 Å². The summed E-state index contributed by atoms with van der Waals surface area (Å²) in [5.74, 6) is -1.39. The van der Waals surface area contributed by atoms with Gasteiger partial charge in [-0.2, -0.15) is 0 Å². The van der Waals surface area contributed by atoms with Gasteiger partial charge in [0.1, 0.15) is 11.7 Å². The second-order valence-corrected chi connectivity index (χ2v) is 4.48. The van der Waals surface area contributed by atoms with Crippen molar-refractivity contribution < 1.29 is 19.4 Å². The summed E-state index contributed by atoms with van der Waals surface area (Å²) < 4.78 is 5.15. The van der Waals surface area contributed by atoms with Gasteiger partial charge >= 0.3 is 5.97 Å². The van der Waals surface area contributed by atoms with Gasteiger partial charge in [0.15, 0.2) is 0 Å². The molecule has 0 saturated heterocycles. The highest BCUT2D eigenvalue weighted by atomic mass is 16.5. The Morgan fingerprint density at radius 3 is 2.80 bits per heavy atom. The Morgan fingerprint density at radius 2 is 2.20 bits per heavy atom. The van der Waals surface area contributed by atoms with Crippen molar-refractivity contribution >= 4 is 22.8 Å². The quantitative estimate of drug-likeness (QED) is 0.771. The molecule has 0 aliphatic heterocycles. The van der Waals surface area contributed by atoms with Crippen LogP contribution in [0.3, 0.4) is 0 Å². The number of fused-ring (bicyclic) bond motifs is 1. The second-order valence-electron chi connectivity index (χ2n) is 4.48. The minimum atomic E-state index is -0.984. The normalized spacial score (nSPS) is 12.1. The summed E-state index contributed by atoms with van der Waals surface area (Å²) in [6.45, 7) is 1.41. The van der Waals surface area contributed by atoms with E-state index < -0.39 is 11.9 Å². The summed E-state index contributed by atoms with van der Waals surface area (Å²) in [5, 5.41) is 12.7. The Bertz CT molecular complexity index is 648. The maximum absolute atomic E-state index is 11.4. The molecule has 6 heteroatoms. The molecule has 0 bridgehead atoms. The number of carbonyl (C=O) groups is 2. The number of hydrogen-bond acceptors (Lipinski definition) is 3. The van der Waals surface area contributed by atoms with Crippen LogP contribution in [0.2, 0.25) is 0 Å². The minimum absolute atomic E-state index is 0.0504. The number of rotatable bonds is 5. The Morgan fingerprint density at radius 1 is 1.45 bits per heavy atom. The molecule has 0 aliphatic rings. The molecule has 1 aromatic carbocycles. The number of carboxylic acid groups (broad SMARTS) is 1. The minimum Gasteiger partial charge on any atom is -0.497 e. The number of ether oxygens (including phenoxy) is 1. The number of methoxy groups -OCH3 is 1. The van der Waals surface area contributed by atoms with E-state index in [1.54, 1.807) is 25.4 Å². The molecular formula is C14H16N2O4. The van der Waals surface area contributed by atoms with Gasteiger partial charge in [0.05, 0.1) is 7.11 Å². The maximum Gasteiger partial charge on any atom is 0.312 e. The van der Waals surface area contributed by atoms with E-state index in [0.29, 0.717) is 11.3 Å². The molecule has 0 aliphatic carbocycles. The van der Waals surface area contributed by atoms with Gasteiger partial charge in [-0.05, 0) is 23.8 Å². The van der Waals surface area contributed by atoms with Crippen LogP contribution in [0.15, 0.2) is 24.4 Å². The topological polar surface area (TPSA) is 91.4 Å². The van der Waals surface area contributed by atoms with Crippen molar-refractivity contribution in [3.8, 4) is 5.75 Å². The number of carbonyl (C=O) groups excluding carboxylic acids is 1. The van der Waals surface area contributed by atoms with E-state index >= 15 is 0 Å². The highest BCUT2D eigenvalue weighted by molar-refractivity contribution is 5.90. The van der Waals surface area contributed by atoms with Crippen LogP contribution >= 0.6 is 0 Å². The van der Waals surface area contributed by atoms with Gasteiger partial charge < -0.3 is 20.1 Å². The smallest absolute Gasteiger partial charge is 0.312 e. The van der Waals surface area contributed by atoms with Crippen LogP contribution in [0, 0.1) is 0 Å². The molecule has 20 heavy (non-hydrogen) atoms. The number of hydrogen-bond donors (Lipinski definition) is 3. The van der Waals surface area contributed by atoms with Gasteiger partial charge in [-0.3, -0.25) is 9.59 Å². The average Bonchev–Trinajstić information content (AvgIpc) is 2.81. The average molecular weight is 276 g/mol. The number of aromatic amines is 1. The van der Waals surface area contributed by atoms with Crippen molar-refractivity contribution in [2.45, 2.75) is 12.8 Å². The van der Waals surface area contributed by atoms with Gasteiger partial charge in [-0.25, -0.2) is 0 Å². The predicted molar refractivity (Wildman–Crippen MR) is 73.9 cm³/mol. The molecule has 0 saturated carbocycles. The number of aromatic nitrogens is 1. The van der Waals surface area contributed by atoms with Crippen molar-refractivity contribution in [3.63, 3.8) is 0 Å². The molecule has 6 nitrogen and oxygen atoms in total. The highest BCUT2D eigenvalue weighted by Crippen LogP contribution is 2.28. The zero-order chi connectivity index (χ0) is 14.7. The first-order valence-corrected chi connectivity index (χ1v) is 6.15. The van der Waals surface area contributed by atoms with Gasteiger partial charge in [-0.15, -0.1) is 0 Å². The predicted octanol–water partition coefficient (Wildman–Crippen LogP) is 1.48. The number of nitrogens with one attached hydrogen (secondary N) is 2. The molecule has 1 heterocycles. The Kier molecular flexibility index (Phi) is 3.93. The van der Waals surface area contributed by atoms with Gasteiger partial charge in [0.25, 0.3) is 0 Å². The van der Waals surface area contributed by atoms with Crippen LogP contribution in [0.1, 0.15) is 18.4 Å². The summed E-state index contributed by atoms with van der Waals surface area (Å²) in [4.78, 5) is 25.4. The van der Waals surface area contributed by atoms with Gasteiger partial charge in [-0.1, -0.05) is 0 Å². The molecule has 2 aromatic rings. The molecule has 2 rings (SSSR count). The first-order chi connectivity index (χ1) is 9.52. The van der Waals surface area contributed by atoms with Crippen LogP contribution < -0.4 is 10.1 Å². The van der Waals surface area contributed by atoms with E-state index in [1.165, 1.54) is 6.92 Å². The van der Waals surface area contributed by atoms with Crippen molar-refractivity contribution in [2.75, 3.05) is 13.7 Å². The molecule has 0 spiro atoms. The fourth-order valence-electron chi connectivity index (χ4n) is 2.11. The fraction of sp³-hybridized carbons (Fsp3) is 0.286. The van der Waals surface area contributed by atoms with Crippen LogP contribution in [-0.4, -0.2) is 35.6 Å². The van der Waals surface area contributed by atoms with Crippen molar-refractivity contribution in [3.05, 3.63) is 30.0 Å². The summed E-state index contributed by atoms with van der Waals surface area (Å²) in [5.41, 5.74) is 1.45. The number of H-pyrrole nitrogens is 1. The number of amides is 1. The van der Waals surface area contributed by atoms with Crippen LogP contribution in [0.4, 0.5) is 0 Å². The fourth-order valence-corrected chi connectivity index (χ4v) is 2.11. The van der Waals surface area contributed by atoms with Gasteiger partial charge in [0, 0.05) is 30.6 Å². The van der Waals surface area contributed by atoms with Crippen molar-refractivity contribution in [1.82, 2.24) is 10.3 Å². The van der Waals surface area contributed by atoms with E-state index in [0.717, 1.165) is 10.9 Å². The van der Waals surface area contributed by atoms with E-state index in [9.17, 15) is 14.7 Å². The molecule has 3 N–H and O–H groups in total. The Labute approximate surface area is 115 Å². The van der Waals surface area contributed by atoms with E-state index in [4.69, 9.17) is 4.74 Å². The van der Waals surface area contributed by atoms with E-state index in [-0.39, 0.29) is 12.5 Å². The summed E-state index contributed by atoms with van der Waals surface area (Å²) >= 11 is 0. The maximum atomic E-state index is 11.4. The summed E-state index contributed by atoms with van der Waals surface area (Å²) in [7, 11) is 1.56. The lowest BCUT2D eigenvalue weighted by Crippen LogP contribution is -2.29. The second kappa shape index (κ2) is 5.64. The van der Waals surface area contributed by atoms with E-state index in [1.807, 2.05) is 6.07 Å². The van der Waals surface area contributed by atoms with Gasteiger partial charge in [0.2, 0.25) is 5.91 Å². The first kappa shape index (κ1) is 13.9. The largest absolute Gasteiger partial charge is 0.497 e. The Hall–Kier alpha value is -2.50. The lowest BCUT2D eigenvalue weighted by Gasteiger charge is -2.12. The molecule has 106 valence electrons. The monoisotopic (exact) mass is 276 g/mol. The third kappa shape index (κ3) is 2.74. The Balaban J connectivity index is 2.42. The van der Waals surface area contributed by atoms with Crippen molar-refractivity contribution in [1.29, 1.82) is 0 Å². The molecular weight excluding hydrogens is 260 g/mol. The number of carboxylic acids is 1. The molecule has 0 fully saturated rings. The third-order valence-corrected chi connectivity index (χ3v) is 3.15. The molecule has 0 radical (unpaired) electrons. The van der Waals surface area contributed by atoms with Crippen LogP contribution in [-0.2, 0) is 9.59 Å². The molecule has 0 unspecified atom stereocenters. The number of benzene rings is 1. The third-order valence-electron chi connectivity index (χ3n) is 3.15. The lowest BCUT2D eigenvalue weighted by atomic mass is 9.98. The number of aliphatic carboxylic acids is 1. The molecule has 1 amide bonds. The first-order valence-electron chi connectivity index (χ1n) is 6.15. The van der Waals surface area contributed by atoms with Crippen LogP contribution in [0.5, 0.6) is 5.75 Å². The highest BCUT2D eigenvalue weighted by Gasteiger charge is 2.23. The SMILES string of the molecule is COc1ccc2[nH]cc([C@H](CNC(C)=O)C(=O)O)c2c1. The zero-order valence-corrected chi connectivity index (χ0v) is 11.3. The zero-order valence-electron chi connectivity index (χ0n) is 11.3. The molecule has 1 aromatic heterocycles.